The molecule has 0 radical (unpaired) electrons. The minimum atomic E-state index is -2.86. The highest BCUT2D eigenvalue weighted by Crippen LogP contribution is 2.14. The Morgan fingerprint density at radius 3 is 2.38 bits per heavy atom. The van der Waals surface area contributed by atoms with Crippen molar-refractivity contribution < 1.29 is 13.5 Å². The molecule has 2 N–H and O–H groups in total. The summed E-state index contributed by atoms with van der Waals surface area (Å²) in [7, 11) is -2.86. The van der Waals surface area contributed by atoms with Crippen molar-refractivity contribution in [2.75, 3.05) is 25.1 Å². The van der Waals surface area contributed by atoms with Gasteiger partial charge >= 0.3 is 0 Å². The Morgan fingerprint density at radius 1 is 1.38 bits per heavy atom. The fourth-order valence-corrected chi connectivity index (χ4v) is 2.44. The zero-order valence-electron chi connectivity index (χ0n) is 10.8. The molecule has 0 amide bonds. The Balaban J connectivity index is 3.66. The normalized spacial score (nSPS) is 16.4. The lowest BCUT2D eigenvalue weighted by molar-refractivity contribution is 0.0388. The van der Waals surface area contributed by atoms with Crippen molar-refractivity contribution in [1.29, 1.82) is 0 Å². The summed E-state index contributed by atoms with van der Waals surface area (Å²) in [5.74, 6) is 0.652. The predicted molar refractivity (Wildman–Crippen MR) is 67.3 cm³/mol. The van der Waals surface area contributed by atoms with Crippen LogP contribution in [0.25, 0.3) is 0 Å². The van der Waals surface area contributed by atoms with Gasteiger partial charge in [0.05, 0.1) is 11.4 Å². The van der Waals surface area contributed by atoms with Gasteiger partial charge in [-0.15, -0.1) is 0 Å². The highest BCUT2D eigenvalue weighted by atomic mass is 32.2. The van der Waals surface area contributed by atoms with E-state index in [4.69, 9.17) is 0 Å². The molecule has 0 aromatic rings. The van der Waals surface area contributed by atoms with Crippen LogP contribution in [0.4, 0.5) is 0 Å². The molecule has 4 nitrogen and oxygen atoms in total. The van der Waals surface area contributed by atoms with E-state index in [-0.39, 0.29) is 5.75 Å². The lowest BCUT2D eigenvalue weighted by Crippen LogP contribution is -2.39. The SMILES string of the molecule is CC(C)CC(C)(O)CNCCCS(C)(=O)=O. The number of nitrogens with one attached hydrogen (secondary N) is 1. The summed E-state index contributed by atoms with van der Waals surface area (Å²) < 4.78 is 21.7. The Bertz CT molecular complexity index is 284. The van der Waals surface area contributed by atoms with E-state index in [1.165, 1.54) is 6.26 Å². The smallest absolute Gasteiger partial charge is 0.147 e. The van der Waals surface area contributed by atoms with Crippen LogP contribution in [0.5, 0.6) is 0 Å². The van der Waals surface area contributed by atoms with Crippen LogP contribution >= 0.6 is 0 Å². The predicted octanol–water partition coefficient (Wildman–Crippen LogP) is 0.808. The van der Waals surface area contributed by atoms with Gasteiger partial charge in [-0.1, -0.05) is 13.8 Å². The summed E-state index contributed by atoms with van der Waals surface area (Å²) in [5.41, 5.74) is -0.709. The van der Waals surface area contributed by atoms with E-state index >= 15 is 0 Å². The van der Waals surface area contributed by atoms with Crippen molar-refractivity contribution >= 4 is 9.84 Å². The van der Waals surface area contributed by atoms with Crippen LogP contribution in [0, 0.1) is 5.92 Å². The van der Waals surface area contributed by atoms with Crippen molar-refractivity contribution in [2.24, 2.45) is 5.92 Å². The number of hydrogen-bond donors (Lipinski definition) is 2. The summed E-state index contributed by atoms with van der Waals surface area (Å²) in [6.07, 6.45) is 2.57. The van der Waals surface area contributed by atoms with Crippen LogP contribution in [0.15, 0.2) is 0 Å². The molecule has 0 heterocycles. The molecule has 0 saturated carbocycles. The van der Waals surface area contributed by atoms with E-state index in [1.54, 1.807) is 6.92 Å². The number of hydrogen-bond acceptors (Lipinski definition) is 4. The lowest BCUT2D eigenvalue weighted by Gasteiger charge is -2.25. The maximum atomic E-state index is 10.9. The Labute approximate surface area is 99.4 Å². The number of aliphatic hydroxyl groups is 1. The molecule has 5 heteroatoms. The van der Waals surface area contributed by atoms with Gasteiger partial charge in [-0.05, 0) is 32.2 Å². The van der Waals surface area contributed by atoms with Gasteiger partial charge < -0.3 is 10.4 Å². The molecule has 0 rings (SSSR count). The fourth-order valence-electron chi connectivity index (χ4n) is 1.77. The maximum absolute atomic E-state index is 10.9. The standard InChI is InChI=1S/C11H25NO3S/c1-10(2)8-11(3,13)9-12-6-5-7-16(4,14)15/h10,12-13H,5-9H2,1-4H3. The van der Waals surface area contributed by atoms with E-state index in [2.05, 4.69) is 19.2 Å². The zero-order valence-corrected chi connectivity index (χ0v) is 11.6. The van der Waals surface area contributed by atoms with Crippen molar-refractivity contribution in [2.45, 2.75) is 39.2 Å². The second-order valence-electron chi connectivity index (χ2n) is 5.26. The first-order valence-corrected chi connectivity index (χ1v) is 7.79. The Morgan fingerprint density at radius 2 is 1.94 bits per heavy atom. The average molecular weight is 251 g/mol. The van der Waals surface area contributed by atoms with Crippen LogP contribution in [-0.2, 0) is 9.84 Å². The van der Waals surface area contributed by atoms with Crippen LogP contribution in [-0.4, -0.2) is 44.2 Å². The zero-order chi connectivity index (χ0) is 12.8. The molecule has 1 unspecified atom stereocenters. The van der Waals surface area contributed by atoms with Crippen molar-refractivity contribution in [3.63, 3.8) is 0 Å². The summed E-state index contributed by atoms with van der Waals surface area (Å²) in [5, 5.41) is 13.1. The van der Waals surface area contributed by atoms with E-state index in [9.17, 15) is 13.5 Å². The van der Waals surface area contributed by atoms with Crippen LogP contribution < -0.4 is 5.32 Å². The van der Waals surface area contributed by atoms with E-state index < -0.39 is 15.4 Å². The third kappa shape index (κ3) is 10.4. The van der Waals surface area contributed by atoms with Gasteiger partial charge in [-0.3, -0.25) is 0 Å². The molecule has 0 aromatic carbocycles. The van der Waals surface area contributed by atoms with Crippen LogP contribution in [0.1, 0.15) is 33.6 Å². The first-order chi connectivity index (χ1) is 7.12. The number of rotatable bonds is 8. The van der Waals surface area contributed by atoms with Crippen molar-refractivity contribution in [3.05, 3.63) is 0 Å². The maximum Gasteiger partial charge on any atom is 0.147 e. The molecular formula is C11H25NO3S. The highest BCUT2D eigenvalue weighted by Gasteiger charge is 2.20. The van der Waals surface area contributed by atoms with Gasteiger partial charge in [0.15, 0.2) is 0 Å². The number of sulfone groups is 1. The summed E-state index contributed by atoms with van der Waals surface area (Å²) in [6.45, 7) is 7.07. The van der Waals surface area contributed by atoms with Gasteiger partial charge in [0.1, 0.15) is 9.84 Å². The quantitative estimate of drug-likeness (QED) is 0.627. The molecule has 0 aliphatic rings. The van der Waals surface area contributed by atoms with Crippen molar-refractivity contribution in [3.8, 4) is 0 Å². The van der Waals surface area contributed by atoms with Crippen molar-refractivity contribution in [1.82, 2.24) is 5.32 Å². The molecule has 1 atom stereocenters. The molecule has 98 valence electrons. The van der Waals surface area contributed by atoms with Gasteiger partial charge in [-0.25, -0.2) is 8.42 Å². The van der Waals surface area contributed by atoms with Gasteiger partial charge in [0.2, 0.25) is 0 Å². The monoisotopic (exact) mass is 251 g/mol. The second kappa shape index (κ2) is 6.57. The summed E-state index contributed by atoms with van der Waals surface area (Å²) in [6, 6.07) is 0. The molecule has 0 aromatic heterocycles. The second-order valence-corrected chi connectivity index (χ2v) is 7.51. The topological polar surface area (TPSA) is 66.4 Å². The average Bonchev–Trinajstić information content (AvgIpc) is 1.98. The molecule has 0 aliphatic heterocycles. The minimum Gasteiger partial charge on any atom is -0.389 e. The first-order valence-electron chi connectivity index (χ1n) is 5.73. The molecule has 0 saturated heterocycles. The molecule has 0 bridgehead atoms. The largest absolute Gasteiger partial charge is 0.389 e. The lowest BCUT2D eigenvalue weighted by atomic mass is 9.94. The Kier molecular flexibility index (Phi) is 6.51. The first kappa shape index (κ1) is 15.9. The van der Waals surface area contributed by atoms with Gasteiger partial charge in [-0.2, -0.15) is 0 Å². The third-order valence-electron chi connectivity index (χ3n) is 2.22. The fraction of sp³-hybridized carbons (Fsp3) is 1.00. The van der Waals surface area contributed by atoms with E-state index in [0.29, 0.717) is 25.4 Å². The molecule has 0 fully saturated rings. The minimum absolute atomic E-state index is 0.201. The molecule has 0 aliphatic carbocycles. The summed E-state index contributed by atoms with van der Waals surface area (Å²) in [4.78, 5) is 0. The third-order valence-corrected chi connectivity index (χ3v) is 3.25. The molecular weight excluding hydrogens is 226 g/mol. The Hall–Kier alpha value is -0.130. The van der Waals surface area contributed by atoms with Crippen LogP contribution in [0.3, 0.4) is 0 Å². The molecule has 0 spiro atoms. The van der Waals surface area contributed by atoms with E-state index in [0.717, 1.165) is 6.42 Å². The van der Waals surface area contributed by atoms with Crippen LogP contribution in [0.2, 0.25) is 0 Å². The van der Waals surface area contributed by atoms with E-state index in [1.807, 2.05) is 0 Å². The summed E-state index contributed by atoms with van der Waals surface area (Å²) >= 11 is 0. The van der Waals surface area contributed by atoms with Gasteiger partial charge in [0.25, 0.3) is 0 Å². The molecule has 16 heavy (non-hydrogen) atoms. The van der Waals surface area contributed by atoms with Gasteiger partial charge in [0, 0.05) is 12.8 Å². The highest BCUT2D eigenvalue weighted by molar-refractivity contribution is 7.90.